The van der Waals surface area contributed by atoms with E-state index < -0.39 is 23.9 Å². The lowest BCUT2D eigenvalue weighted by Gasteiger charge is -2.02. The number of carbonyl (C=O) groups is 4. The molecule has 4 heterocycles. The van der Waals surface area contributed by atoms with E-state index in [9.17, 15) is 0 Å². The lowest BCUT2D eigenvalue weighted by atomic mass is 10.0. The number of para-hydroxylation sites is 8. The molecule has 12 aromatic carbocycles. The molecule has 40 heteroatoms. The number of nitrogens with zero attached hydrogens (tertiary/aromatic N) is 8. The van der Waals surface area contributed by atoms with Crippen LogP contribution in [0, 0.1) is 0 Å². The third kappa shape index (κ3) is 35.3. The van der Waals surface area contributed by atoms with E-state index in [2.05, 4.69) is 225 Å². The molecule has 0 saturated heterocycles. The zero-order valence-electron chi connectivity index (χ0n) is 76.6. The van der Waals surface area contributed by atoms with Crippen molar-refractivity contribution in [2.24, 2.45) is 23.6 Å². The summed E-state index contributed by atoms with van der Waals surface area (Å²) in [5.41, 5.74) is 25.3. The number of hydrogen-bond donors (Lipinski definition) is 10. The Morgan fingerprint density at radius 2 is 0.343 bits per heavy atom. The number of carboxylic acids is 4. The second-order valence-corrected chi connectivity index (χ2v) is 27.3. The maximum Gasteiger partial charge on any atom is 0.300 e. The number of benzene rings is 12. The number of rotatable bonds is 12. The largest absolute Gasteiger partial charge is 0.481 e. The fourth-order valence-electron chi connectivity index (χ4n) is 12.7. The third-order valence-corrected chi connectivity index (χ3v) is 17.8. The Labute approximate surface area is 801 Å². The Balaban J connectivity index is 0.000000391. The molecule has 0 bridgehead atoms. The number of aromatic nitrogens is 8. The Hall–Kier alpha value is -11.7. The molecule has 14 N–H and O–H groups in total. The summed E-state index contributed by atoms with van der Waals surface area (Å²) in [7, 11) is 0. The Bertz CT molecular complexity index is 5200. The van der Waals surface area contributed by atoms with E-state index in [1.54, 1.807) is 37.5 Å². The number of aliphatic carboxylic acids is 4. The van der Waals surface area contributed by atoms with Gasteiger partial charge >= 0.3 is 0 Å². The first-order valence-corrected chi connectivity index (χ1v) is 47.2. The van der Waals surface area contributed by atoms with Crippen molar-refractivity contribution in [2.45, 2.75) is 83.1 Å². The molecule has 4 aliphatic carbocycles. The molecule has 20 rings (SSSR count). The smallest absolute Gasteiger partial charge is 0.300 e. The number of nitrogens with two attached hydrogens (primary N) is 4. The molecule has 712 valence electrons. The van der Waals surface area contributed by atoms with Crippen LogP contribution in [0.4, 0.5) is 0 Å². The van der Waals surface area contributed by atoms with Gasteiger partial charge in [0.2, 0.25) is 0 Å². The van der Waals surface area contributed by atoms with E-state index in [-0.39, 0.29) is 0 Å². The van der Waals surface area contributed by atoms with Gasteiger partial charge < -0.3 is 20.4 Å². The normalized spacial score (nSPS) is 9.97. The van der Waals surface area contributed by atoms with Gasteiger partial charge in [-0.05, 0) is 70.1 Å². The quantitative estimate of drug-likeness (QED) is 0.0308. The van der Waals surface area contributed by atoms with Gasteiger partial charge in [0.05, 0.1) is 89.7 Å². The van der Waals surface area contributed by atoms with E-state index in [0.717, 1.165) is 190 Å². The number of hydrogen-bond acceptors (Lipinski definition) is 36. The molecule has 0 saturated carbocycles. The Morgan fingerprint density at radius 1 is 0.224 bits per heavy atom. The summed E-state index contributed by atoms with van der Waals surface area (Å²) in [5.74, 6) is 14.3. The summed E-state index contributed by atoms with van der Waals surface area (Å²) in [4.78, 5) is 89.3. The van der Waals surface area contributed by atoms with E-state index in [1.807, 2.05) is 152 Å². The average molecular weight is 1950 g/mol. The van der Waals surface area contributed by atoms with Crippen molar-refractivity contribution in [3.8, 4) is 90.1 Å². The summed E-state index contributed by atoms with van der Waals surface area (Å²) >= 11 is 6.08. The molecule has 0 atom stereocenters. The molecule has 134 heavy (non-hydrogen) atoms. The first kappa shape index (κ1) is 116. The minimum absolute atomic E-state index is 0.833. The van der Waals surface area contributed by atoms with Crippen molar-refractivity contribution in [1.29, 1.82) is 0 Å². The summed E-state index contributed by atoms with van der Waals surface area (Å²) in [6.45, 7) is 20.3. The topological polar surface area (TPSA) is 508 Å². The van der Waals surface area contributed by atoms with Crippen LogP contribution in [0.5, 0.6) is 0 Å². The summed E-state index contributed by atoms with van der Waals surface area (Å²) in [5, 5.41) is 60.7. The predicted molar refractivity (Wildman–Crippen MR) is 541 cm³/mol. The van der Waals surface area contributed by atoms with Gasteiger partial charge in [-0.2, -0.15) is 23.6 Å². The first-order valence-electron chi connectivity index (χ1n) is 40.3. The molecule has 4 aromatic heterocycles. The van der Waals surface area contributed by atoms with Crippen molar-refractivity contribution in [1.82, 2.24) is 39.9 Å². The van der Waals surface area contributed by atoms with Crippen LogP contribution in [0.25, 0.3) is 177 Å². The van der Waals surface area contributed by atoms with Gasteiger partial charge in [0, 0.05) is 204 Å². The molecular weight excluding hydrogens is 1840 g/mol. The average Bonchev–Trinajstić information content (AvgIpc) is 1.61. The molecule has 0 radical (unpaired) electrons. The highest BCUT2D eigenvalue weighted by Gasteiger charge is 2.28. The van der Waals surface area contributed by atoms with Crippen molar-refractivity contribution in [3.63, 3.8) is 0 Å². The maximum absolute atomic E-state index is 9.00. The second-order valence-electron chi connectivity index (χ2n) is 24.5. The van der Waals surface area contributed by atoms with Crippen LogP contribution in [-0.4, -0.2) is 132 Å². The molecule has 4 aliphatic rings. The van der Waals surface area contributed by atoms with Gasteiger partial charge in [-0.25, -0.2) is 50.4 Å². The summed E-state index contributed by atoms with van der Waals surface area (Å²) < 4.78 is 23.7. The number of fused-ring (bicyclic) bond motifs is 16. The highest BCUT2D eigenvalue weighted by molar-refractivity contribution is 7.94. The highest BCUT2D eigenvalue weighted by atomic mass is 32.2. The van der Waals surface area contributed by atoms with E-state index in [1.165, 1.54) is 87.6 Å². The van der Waals surface area contributed by atoms with Crippen LogP contribution in [0.15, 0.2) is 243 Å². The molecular formula is C94H108N12O22S6. The van der Waals surface area contributed by atoms with E-state index in [0.29, 0.717) is 0 Å². The van der Waals surface area contributed by atoms with Crippen LogP contribution in [0.1, 0.15) is 83.1 Å². The Kier molecular flexibility index (Phi) is 57.9. The van der Waals surface area contributed by atoms with Gasteiger partial charge in [-0.3, -0.25) is 19.2 Å². The molecule has 0 amide bonds. The second kappa shape index (κ2) is 66.6. The SMILES string of the molecule is CC.CC.CC.CC.CC(=O)O.CC(=O)O.CC(=O)O.CC(=O)O.CSOON.CSOON.CSOON.CSOON.CSOOO.CSOOO.c1cc2c3c(cccc3c1)-c1nc3ccccc3nc1-2.c1cc2c3c(cccc3c1)-c1nc3ccccc3nc1-2.c1cc2c3c(cccc3c1)-c1nc3ccccc3nc1-2.c1cc2c3c(cccc3c1)-c1nc3ccccc3nc1-2. The predicted octanol–water partition coefficient (Wildman–Crippen LogP) is 23.9. The van der Waals surface area contributed by atoms with Crippen LogP contribution in [-0.2, 0) is 75.2 Å². The zero-order chi connectivity index (χ0) is 99.5. The van der Waals surface area contributed by atoms with Gasteiger partial charge in [0.25, 0.3) is 23.9 Å². The van der Waals surface area contributed by atoms with Gasteiger partial charge in [-0.1, -0.05) is 260 Å². The van der Waals surface area contributed by atoms with Gasteiger partial charge in [0.1, 0.15) is 0 Å². The summed E-state index contributed by atoms with van der Waals surface area (Å²) in [6, 6.07) is 83.2. The van der Waals surface area contributed by atoms with Gasteiger partial charge in [0.15, 0.2) is 0 Å². The first-order chi connectivity index (χ1) is 65.1. The Morgan fingerprint density at radius 3 is 0.425 bits per heavy atom. The minimum Gasteiger partial charge on any atom is -0.481 e. The third-order valence-electron chi connectivity index (χ3n) is 16.6. The molecule has 0 aliphatic heterocycles. The van der Waals surface area contributed by atoms with Crippen LogP contribution in [0.3, 0.4) is 0 Å². The minimum atomic E-state index is -0.833. The monoisotopic (exact) mass is 1950 g/mol. The lowest BCUT2D eigenvalue weighted by molar-refractivity contribution is -0.432. The fraction of sp³-hybridized carbons (Fsp3) is 0.191. The lowest BCUT2D eigenvalue weighted by Crippen LogP contribution is -1.92. The maximum atomic E-state index is 9.00. The van der Waals surface area contributed by atoms with Crippen LogP contribution in [0.2, 0.25) is 0 Å². The van der Waals surface area contributed by atoms with E-state index >= 15 is 0 Å². The zero-order valence-corrected chi connectivity index (χ0v) is 81.5. The van der Waals surface area contributed by atoms with Crippen molar-refractivity contribution >= 4 is 183 Å². The highest BCUT2D eigenvalue weighted by Crippen LogP contribution is 2.50. The molecule has 0 unspecified atom stereocenters. The number of carboxylic acid groups (broad SMARTS) is 4. The molecule has 0 spiro atoms. The molecule has 16 aromatic rings. The summed E-state index contributed by atoms with van der Waals surface area (Å²) in [6.07, 6.45) is 10.0. The molecule has 34 nitrogen and oxygen atoms in total. The van der Waals surface area contributed by atoms with Crippen LogP contribution >= 0.6 is 72.3 Å². The molecule has 0 fully saturated rings. The fourth-order valence-corrected chi connectivity index (χ4v) is 13.1. The van der Waals surface area contributed by atoms with Crippen molar-refractivity contribution < 1.29 is 106 Å². The van der Waals surface area contributed by atoms with Crippen molar-refractivity contribution in [3.05, 3.63) is 243 Å². The van der Waals surface area contributed by atoms with Crippen molar-refractivity contribution in [2.75, 3.05) is 37.5 Å². The standard InChI is InChI=1S/4C18H10N2.4C2H4O2.4C2H6.4CH5NO2S.2CH4O3S/c4*1-2-10-15-14(9-1)19-17-12-7-3-5-11-6-4-8-13(16(11)12)18(17)20-15;4*1-2(3)4;4*1-2;6*1-5-4-3-2/h4*1-10H;4*1H3,(H,3,4);4*1-2H3;4*2H2,1H3;2*2H,1H3. The van der Waals surface area contributed by atoms with E-state index in [4.69, 9.17) is 90.0 Å². The van der Waals surface area contributed by atoms with Crippen LogP contribution < -0.4 is 23.6 Å². The van der Waals surface area contributed by atoms with Gasteiger partial charge in [-0.15, -0.1) is 46.0 Å².